The van der Waals surface area contributed by atoms with Crippen LogP contribution in [-0.4, -0.2) is 40.8 Å². The molecule has 1 atom stereocenters. The second kappa shape index (κ2) is 7.01. The maximum atomic E-state index is 13.2. The third-order valence-electron chi connectivity index (χ3n) is 2.95. The Bertz CT molecular complexity index is 474. The average molecular weight is 267 g/mol. The SMILES string of the molecule is CC(CO)N(C)Cc1ccc(F)cc1/C=C/C(=O)O. The van der Waals surface area contributed by atoms with Crippen molar-refractivity contribution >= 4 is 12.0 Å². The third kappa shape index (κ3) is 4.81. The lowest BCUT2D eigenvalue weighted by atomic mass is 10.1. The van der Waals surface area contributed by atoms with Gasteiger partial charge in [-0.25, -0.2) is 9.18 Å². The van der Waals surface area contributed by atoms with Crippen molar-refractivity contribution in [3.8, 4) is 0 Å². The Kier molecular flexibility index (Phi) is 5.66. The summed E-state index contributed by atoms with van der Waals surface area (Å²) in [5, 5.41) is 17.7. The normalized spacial score (nSPS) is 13.1. The van der Waals surface area contributed by atoms with Crippen LogP contribution in [0.1, 0.15) is 18.1 Å². The molecule has 0 saturated heterocycles. The van der Waals surface area contributed by atoms with Crippen molar-refractivity contribution in [3.05, 3.63) is 41.2 Å². The van der Waals surface area contributed by atoms with E-state index in [-0.39, 0.29) is 12.6 Å². The molecule has 0 bridgehead atoms. The zero-order valence-electron chi connectivity index (χ0n) is 11.0. The molecule has 0 saturated carbocycles. The quantitative estimate of drug-likeness (QED) is 0.771. The molecule has 104 valence electrons. The third-order valence-corrected chi connectivity index (χ3v) is 2.95. The lowest BCUT2D eigenvalue weighted by Crippen LogP contribution is -2.31. The van der Waals surface area contributed by atoms with Crippen molar-refractivity contribution < 1.29 is 19.4 Å². The molecule has 1 aromatic carbocycles. The van der Waals surface area contributed by atoms with Crippen LogP contribution in [0.4, 0.5) is 4.39 Å². The predicted molar refractivity (Wildman–Crippen MR) is 71.1 cm³/mol. The van der Waals surface area contributed by atoms with E-state index in [4.69, 9.17) is 10.2 Å². The van der Waals surface area contributed by atoms with Crippen LogP contribution in [-0.2, 0) is 11.3 Å². The molecule has 0 heterocycles. The van der Waals surface area contributed by atoms with Crippen LogP contribution in [0.5, 0.6) is 0 Å². The number of aliphatic hydroxyl groups excluding tert-OH is 1. The number of hydrogen-bond acceptors (Lipinski definition) is 3. The van der Waals surface area contributed by atoms with Crippen molar-refractivity contribution in [1.82, 2.24) is 4.90 Å². The van der Waals surface area contributed by atoms with Gasteiger partial charge in [0.15, 0.2) is 0 Å². The molecule has 1 aromatic rings. The number of carboxylic acids is 1. The predicted octanol–water partition coefficient (Wildman–Crippen LogP) is 1.74. The number of benzene rings is 1. The van der Waals surface area contributed by atoms with Gasteiger partial charge in [0.25, 0.3) is 0 Å². The molecule has 0 aliphatic carbocycles. The molecule has 19 heavy (non-hydrogen) atoms. The number of rotatable bonds is 6. The van der Waals surface area contributed by atoms with Gasteiger partial charge in [0, 0.05) is 18.7 Å². The Morgan fingerprint density at radius 1 is 1.53 bits per heavy atom. The summed E-state index contributed by atoms with van der Waals surface area (Å²) in [6.07, 6.45) is 2.35. The molecule has 0 aliphatic heterocycles. The zero-order valence-corrected chi connectivity index (χ0v) is 11.0. The summed E-state index contributed by atoms with van der Waals surface area (Å²) in [4.78, 5) is 12.4. The highest BCUT2D eigenvalue weighted by Gasteiger charge is 2.10. The van der Waals surface area contributed by atoms with Gasteiger partial charge in [-0.05, 0) is 43.3 Å². The monoisotopic (exact) mass is 267 g/mol. The van der Waals surface area contributed by atoms with E-state index in [1.54, 1.807) is 6.07 Å². The van der Waals surface area contributed by atoms with Gasteiger partial charge in [-0.1, -0.05) is 6.07 Å². The second-order valence-corrected chi connectivity index (χ2v) is 4.46. The summed E-state index contributed by atoms with van der Waals surface area (Å²) >= 11 is 0. The molecule has 0 fully saturated rings. The maximum Gasteiger partial charge on any atom is 0.328 e. The standard InChI is InChI=1S/C14H18FNO3/c1-10(9-17)16(2)8-12-3-5-13(15)7-11(12)4-6-14(18)19/h3-7,10,17H,8-9H2,1-2H3,(H,18,19)/b6-4+. The largest absolute Gasteiger partial charge is 0.478 e. The summed E-state index contributed by atoms with van der Waals surface area (Å²) in [5.74, 6) is -1.49. The van der Waals surface area contributed by atoms with E-state index >= 15 is 0 Å². The lowest BCUT2D eigenvalue weighted by Gasteiger charge is -2.23. The van der Waals surface area contributed by atoms with Gasteiger partial charge < -0.3 is 10.2 Å². The summed E-state index contributed by atoms with van der Waals surface area (Å²) in [5.41, 5.74) is 1.33. The Labute approximate surface area is 111 Å². The number of aliphatic carboxylic acids is 1. The van der Waals surface area contributed by atoms with Crippen molar-refractivity contribution in [2.75, 3.05) is 13.7 Å². The molecule has 0 radical (unpaired) electrons. The van der Waals surface area contributed by atoms with Crippen LogP contribution < -0.4 is 0 Å². The topological polar surface area (TPSA) is 60.8 Å². The van der Waals surface area contributed by atoms with E-state index in [2.05, 4.69) is 0 Å². The second-order valence-electron chi connectivity index (χ2n) is 4.46. The molecule has 1 unspecified atom stereocenters. The first-order valence-corrected chi connectivity index (χ1v) is 5.94. The molecule has 0 amide bonds. The van der Waals surface area contributed by atoms with Gasteiger partial charge in [0.1, 0.15) is 5.82 Å². The van der Waals surface area contributed by atoms with E-state index in [1.807, 2.05) is 18.9 Å². The van der Waals surface area contributed by atoms with E-state index in [9.17, 15) is 9.18 Å². The Balaban J connectivity index is 2.96. The number of hydrogen-bond donors (Lipinski definition) is 2. The summed E-state index contributed by atoms with van der Waals surface area (Å²) in [6.45, 7) is 2.40. The van der Waals surface area contributed by atoms with Gasteiger partial charge in [0.2, 0.25) is 0 Å². The smallest absolute Gasteiger partial charge is 0.328 e. The van der Waals surface area contributed by atoms with Gasteiger partial charge in [-0.3, -0.25) is 4.90 Å². The minimum absolute atomic E-state index is 0.0258. The Hall–Kier alpha value is -1.72. The summed E-state index contributed by atoms with van der Waals surface area (Å²) in [7, 11) is 1.84. The number of halogens is 1. The van der Waals surface area contributed by atoms with Crippen molar-refractivity contribution in [3.63, 3.8) is 0 Å². The highest BCUT2D eigenvalue weighted by atomic mass is 19.1. The average Bonchev–Trinajstić information content (AvgIpc) is 2.37. The molecule has 0 spiro atoms. The lowest BCUT2D eigenvalue weighted by molar-refractivity contribution is -0.131. The minimum atomic E-state index is -1.08. The van der Waals surface area contributed by atoms with E-state index < -0.39 is 11.8 Å². The minimum Gasteiger partial charge on any atom is -0.478 e. The molecule has 4 nitrogen and oxygen atoms in total. The van der Waals surface area contributed by atoms with Gasteiger partial charge in [-0.15, -0.1) is 0 Å². The van der Waals surface area contributed by atoms with Gasteiger partial charge in [0.05, 0.1) is 6.61 Å². The fraction of sp³-hybridized carbons (Fsp3) is 0.357. The number of carbonyl (C=O) groups is 1. The van der Waals surface area contributed by atoms with E-state index in [1.165, 1.54) is 18.2 Å². The highest BCUT2D eigenvalue weighted by Crippen LogP contribution is 2.16. The maximum absolute atomic E-state index is 13.2. The Morgan fingerprint density at radius 3 is 2.79 bits per heavy atom. The highest BCUT2D eigenvalue weighted by molar-refractivity contribution is 5.85. The molecule has 2 N–H and O–H groups in total. The van der Waals surface area contributed by atoms with Crippen molar-refractivity contribution in [2.24, 2.45) is 0 Å². The van der Waals surface area contributed by atoms with Crippen LogP contribution in [0.25, 0.3) is 6.08 Å². The van der Waals surface area contributed by atoms with Crippen molar-refractivity contribution in [2.45, 2.75) is 19.5 Å². The first-order chi connectivity index (χ1) is 8.93. The summed E-state index contributed by atoms with van der Waals surface area (Å²) < 4.78 is 13.2. The van der Waals surface area contributed by atoms with Crippen LogP contribution >= 0.6 is 0 Å². The molecular formula is C14H18FNO3. The van der Waals surface area contributed by atoms with Gasteiger partial charge in [-0.2, -0.15) is 0 Å². The van der Waals surface area contributed by atoms with Crippen LogP contribution in [0.2, 0.25) is 0 Å². The summed E-state index contributed by atoms with van der Waals surface area (Å²) in [6, 6.07) is 4.23. The van der Waals surface area contributed by atoms with Crippen LogP contribution in [0.3, 0.4) is 0 Å². The van der Waals surface area contributed by atoms with Crippen LogP contribution in [0.15, 0.2) is 24.3 Å². The van der Waals surface area contributed by atoms with Crippen molar-refractivity contribution in [1.29, 1.82) is 0 Å². The first kappa shape index (κ1) is 15.3. The zero-order chi connectivity index (χ0) is 14.4. The Morgan fingerprint density at radius 2 is 2.21 bits per heavy atom. The number of nitrogens with zero attached hydrogens (tertiary/aromatic N) is 1. The number of aliphatic hydroxyl groups is 1. The number of carboxylic acid groups (broad SMARTS) is 1. The number of likely N-dealkylation sites (N-methyl/N-ethyl adjacent to an activating group) is 1. The molecule has 1 rings (SSSR count). The first-order valence-electron chi connectivity index (χ1n) is 5.94. The molecular weight excluding hydrogens is 249 g/mol. The fourth-order valence-electron chi connectivity index (χ4n) is 1.59. The molecule has 0 aliphatic rings. The fourth-order valence-corrected chi connectivity index (χ4v) is 1.59. The molecule has 5 heteroatoms. The molecule has 0 aromatic heterocycles. The van der Waals surface area contributed by atoms with E-state index in [0.29, 0.717) is 12.1 Å². The van der Waals surface area contributed by atoms with E-state index in [0.717, 1.165) is 11.6 Å². The van der Waals surface area contributed by atoms with Gasteiger partial charge >= 0.3 is 5.97 Å². The van der Waals surface area contributed by atoms with Crippen LogP contribution in [0, 0.1) is 5.82 Å².